The van der Waals surface area contributed by atoms with Gasteiger partial charge in [0, 0.05) is 6.07 Å². The minimum Gasteiger partial charge on any atom is -0.272 e. The lowest BCUT2D eigenvalue weighted by Crippen LogP contribution is -2.42. The Bertz CT molecular complexity index is 921. The van der Waals surface area contributed by atoms with Crippen molar-refractivity contribution >= 4 is 29.3 Å². The van der Waals surface area contributed by atoms with Crippen molar-refractivity contribution in [3.8, 4) is 0 Å². The lowest BCUT2D eigenvalue weighted by molar-refractivity contribution is -0.388. The zero-order chi connectivity index (χ0) is 20.9. The quantitative estimate of drug-likeness (QED) is 0.336. The highest BCUT2D eigenvalue weighted by atomic mass is 32.2. The number of rotatable bonds is 5. The standard InChI is InChI=1S/C16H11F4N3O4S/c17-11-4-2-1-3-10(11)15(25)22-21-14(24)8-28-13-6-5-9(16(18,19)20)7-12(13)23(26)27/h1-7H,8H2,(H,21,24)(H,22,25). The molecule has 0 atom stereocenters. The number of nitrogens with one attached hydrogen (secondary N) is 2. The highest BCUT2D eigenvalue weighted by Gasteiger charge is 2.33. The number of halogens is 4. The third kappa shape index (κ3) is 5.42. The van der Waals surface area contributed by atoms with Gasteiger partial charge in [-0.15, -0.1) is 11.8 Å². The molecule has 0 bridgehead atoms. The van der Waals surface area contributed by atoms with Crippen molar-refractivity contribution < 1.29 is 32.1 Å². The van der Waals surface area contributed by atoms with Gasteiger partial charge in [0.1, 0.15) is 5.82 Å². The van der Waals surface area contributed by atoms with Crippen molar-refractivity contribution in [1.82, 2.24) is 10.9 Å². The summed E-state index contributed by atoms with van der Waals surface area (Å²) in [5, 5.41) is 11.0. The summed E-state index contributed by atoms with van der Waals surface area (Å²) in [5.41, 5.74) is 1.65. The summed E-state index contributed by atoms with van der Waals surface area (Å²) >= 11 is 0.607. The smallest absolute Gasteiger partial charge is 0.272 e. The second-order valence-electron chi connectivity index (χ2n) is 5.21. The molecule has 0 aromatic heterocycles. The predicted molar refractivity (Wildman–Crippen MR) is 90.8 cm³/mol. The molecular formula is C16H11F4N3O4S. The fourth-order valence-corrected chi connectivity index (χ4v) is 2.78. The Kier molecular flexibility index (Phi) is 6.57. The molecule has 0 aliphatic carbocycles. The van der Waals surface area contributed by atoms with Crippen LogP contribution >= 0.6 is 11.8 Å². The van der Waals surface area contributed by atoms with Crippen LogP contribution in [0.1, 0.15) is 15.9 Å². The first-order chi connectivity index (χ1) is 13.1. The average Bonchev–Trinajstić information content (AvgIpc) is 2.63. The summed E-state index contributed by atoms with van der Waals surface area (Å²) < 4.78 is 51.4. The van der Waals surface area contributed by atoms with Crippen molar-refractivity contribution in [2.24, 2.45) is 0 Å². The van der Waals surface area contributed by atoms with Crippen molar-refractivity contribution in [2.45, 2.75) is 11.1 Å². The number of hydrazine groups is 1. The zero-order valence-electron chi connectivity index (χ0n) is 13.7. The van der Waals surface area contributed by atoms with E-state index in [2.05, 4.69) is 0 Å². The van der Waals surface area contributed by atoms with E-state index in [1.165, 1.54) is 18.2 Å². The van der Waals surface area contributed by atoms with Gasteiger partial charge in [0.05, 0.1) is 26.7 Å². The fourth-order valence-electron chi connectivity index (χ4n) is 1.98. The Hall–Kier alpha value is -3.15. The van der Waals surface area contributed by atoms with Gasteiger partial charge < -0.3 is 0 Å². The molecule has 2 aromatic rings. The Labute approximate surface area is 159 Å². The summed E-state index contributed by atoms with van der Waals surface area (Å²) in [4.78, 5) is 33.3. The third-order valence-corrected chi connectivity index (χ3v) is 4.34. The van der Waals surface area contributed by atoms with Gasteiger partial charge in [-0.1, -0.05) is 12.1 Å². The number of nitro groups is 1. The van der Waals surface area contributed by atoms with Gasteiger partial charge in [0.2, 0.25) is 5.91 Å². The number of carbonyl (C=O) groups is 2. The molecule has 0 saturated carbocycles. The van der Waals surface area contributed by atoms with Crippen molar-refractivity contribution in [2.75, 3.05) is 5.75 Å². The van der Waals surface area contributed by atoms with E-state index in [0.29, 0.717) is 23.9 Å². The van der Waals surface area contributed by atoms with Gasteiger partial charge in [-0.2, -0.15) is 13.2 Å². The summed E-state index contributed by atoms with van der Waals surface area (Å²) in [6.45, 7) is 0. The number of thioether (sulfide) groups is 1. The maximum atomic E-state index is 13.4. The van der Waals surface area contributed by atoms with Gasteiger partial charge in [0.25, 0.3) is 11.6 Å². The molecule has 0 aliphatic rings. The van der Waals surface area contributed by atoms with Crippen LogP contribution in [0.4, 0.5) is 23.2 Å². The van der Waals surface area contributed by atoms with Gasteiger partial charge in [-0.3, -0.25) is 30.6 Å². The topological polar surface area (TPSA) is 101 Å². The fraction of sp³-hybridized carbons (Fsp3) is 0.125. The van der Waals surface area contributed by atoms with E-state index in [1.807, 2.05) is 10.9 Å². The van der Waals surface area contributed by atoms with Crippen LogP contribution in [0.15, 0.2) is 47.4 Å². The molecule has 0 spiro atoms. The highest BCUT2D eigenvalue weighted by molar-refractivity contribution is 8.00. The Morgan fingerprint density at radius 3 is 2.39 bits per heavy atom. The summed E-state index contributed by atoms with van der Waals surface area (Å²) in [7, 11) is 0. The van der Waals surface area contributed by atoms with Crippen LogP contribution in [0.2, 0.25) is 0 Å². The van der Waals surface area contributed by atoms with Crippen LogP contribution in [0.5, 0.6) is 0 Å². The maximum Gasteiger partial charge on any atom is 0.416 e. The van der Waals surface area contributed by atoms with Gasteiger partial charge >= 0.3 is 6.18 Å². The van der Waals surface area contributed by atoms with E-state index < -0.39 is 45.7 Å². The molecule has 2 N–H and O–H groups in total. The largest absolute Gasteiger partial charge is 0.416 e. The van der Waals surface area contributed by atoms with Gasteiger partial charge in [-0.25, -0.2) is 4.39 Å². The highest BCUT2D eigenvalue weighted by Crippen LogP contribution is 2.36. The number of amides is 2. The van der Waals surface area contributed by atoms with Gasteiger partial charge in [0.15, 0.2) is 0 Å². The Morgan fingerprint density at radius 2 is 1.79 bits per heavy atom. The molecule has 7 nitrogen and oxygen atoms in total. The first kappa shape index (κ1) is 21.2. The lowest BCUT2D eigenvalue weighted by atomic mass is 10.2. The number of nitro benzene ring substituents is 1. The second-order valence-corrected chi connectivity index (χ2v) is 6.23. The van der Waals surface area contributed by atoms with Crippen molar-refractivity contribution in [1.29, 1.82) is 0 Å². The number of carbonyl (C=O) groups excluding carboxylic acids is 2. The molecule has 0 unspecified atom stereocenters. The maximum absolute atomic E-state index is 13.4. The molecule has 148 valence electrons. The zero-order valence-corrected chi connectivity index (χ0v) is 14.6. The SMILES string of the molecule is O=C(CSc1ccc(C(F)(F)F)cc1[N+](=O)[O-])NNC(=O)c1ccccc1F. The molecule has 28 heavy (non-hydrogen) atoms. The second kappa shape index (κ2) is 8.69. The van der Waals surface area contributed by atoms with Crippen LogP contribution in [0, 0.1) is 15.9 Å². The van der Waals surface area contributed by atoms with Crippen LogP contribution in [-0.4, -0.2) is 22.5 Å². The van der Waals surface area contributed by atoms with Crippen LogP contribution in [-0.2, 0) is 11.0 Å². The molecule has 0 radical (unpaired) electrons. The molecule has 12 heteroatoms. The molecule has 2 aromatic carbocycles. The van der Waals surface area contributed by atoms with Crippen LogP contribution in [0.25, 0.3) is 0 Å². The number of nitrogens with zero attached hydrogens (tertiary/aromatic N) is 1. The van der Waals surface area contributed by atoms with E-state index >= 15 is 0 Å². The van der Waals surface area contributed by atoms with E-state index in [0.717, 1.165) is 12.1 Å². The van der Waals surface area contributed by atoms with E-state index in [9.17, 15) is 37.3 Å². The summed E-state index contributed by atoms with van der Waals surface area (Å²) in [6, 6.07) is 6.95. The number of hydrogen-bond acceptors (Lipinski definition) is 5. The monoisotopic (exact) mass is 417 g/mol. The minimum atomic E-state index is -4.75. The molecule has 0 saturated heterocycles. The Balaban J connectivity index is 1.98. The number of benzene rings is 2. The van der Waals surface area contributed by atoms with Gasteiger partial charge in [-0.05, 0) is 24.3 Å². The average molecular weight is 417 g/mol. The van der Waals surface area contributed by atoms with E-state index in [1.54, 1.807) is 0 Å². The van der Waals surface area contributed by atoms with Crippen molar-refractivity contribution in [3.05, 3.63) is 69.5 Å². The molecule has 0 fully saturated rings. The molecule has 2 rings (SSSR count). The minimum absolute atomic E-state index is 0.159. The number of hydrogen-bond donors (Lipinski definition) is 2. The molecule has 0 heterocycles. The van der Waals surface area contributed by atoms with E-state index in [-0.39, 0.29) is 10.5 Å². The molecule has 2 amide bonds. The molecular weight excluding hydrogens is 406 g/mol. The first-order valence-electron chi connectivity index (χ1n) is 7.41. The third-order valence-electron chi connectivity index (χ3n) is 3.28. The first-order valence-corrected chi connectivity index (χ1v) is 8.40. The Morgan fingerprint density at radius 1 is 1.11 bits per heavy atom. The normalized spacial score (nSPS) is 11.0. The van der Waals surface area contributed by atoms with Crippen LogP contribution < -0.4 is 10.9 Å². The summed E-state index contributed by atoms with van der Waals surface area (Å²) in [6.07, 6.45) is -4.75. The molecule has 0 aliphatic heterocycles. The predicted octanol–water partition coefficient (Wildman–Crippen LogP) is 3.31. The lowest BCUT2D eigenvalue weighted by Gasteiger charge is -2.09. The summed E-state index contributed by atoms with van der Waals surface area (Å²) in [5.74, 6) is -2.96. The van der Waals surface area contributed by atoms with Crippen LogP contribution in [0.3, 0.4) is 0 Å². The van der Waals surface area contributed by atoms with Crippen molar-refractivity contribution in [3.63, 3.8) is 0 Å². The van der Waals surface area contributed by atoms with E-state index in [4.69, 9.17) is 0 Å². The number of alkyl halides is 3.